The van der Waals surface area contributed by atoms with E-state index in [1.54, 1.807) is 0 Å². The zero-order valence-corrected chi connectivity index (χ0v) is 7.56. The molecule has 1 nitrogen and oxygen atoms in total. The minimum Gasteiger partial charge on any atom is -0.389 e. The average Bonchev–Trinajstić information content (AvgIpc) is 1.97. The highest BCUT2D eigenvalue weighted by Crippen LogP contribution is 2.27. The number of hydrogen-bond donors (Lipinski definition) is 1. The van der Waals surface area contributed by atoms with Crippen LogP contribution in [0.4, 0.5) is 0 Å². The van der Waals surface area contributed by atoms with E-state index < -0.39 is 0 Å². The predicted molar refractivity (Wildman–Crippen MR) is 47.5 cm³/mol. The largest absolute Gasteiger partial charge is 0.389 e. The lowest BCUT2D eigenvalue weighted by Crippen LogP contribution is -2.16. The first-order valence-corrected chi connectivity index (χ1v) is 4.62. The second-order valence-electron chi connectivity index (χ2n) is 3.46. The normalized spacial score (nSPS) is 25.9. The summed E-state index contributed by atoms with van der Waals surface area (Å²) in [4.78, 5) is 0. The first-order valence-electron chi connectivity index (χ1n) is 4.62. The molecule has 0 aromatic heterocycles. The molecule has 1 atom stereocenters. The quantitative estimate of drug-likeness (QED) is 0.606. The van der Waals surface area contributed by atoms with Gasteiger partial charge in [-0.3, -0.25) is 0 Å². The fraction of sp³-hybridized carbons (Fsp3) is 0.800. The van der Waals surface area contributed by atoms with Crippen molar-refractivity contribution in [3.63, 3.8) is 0 Å². The maximum Gasteiger partial charge on any atom is 0.0752 e. The Bertz CT molecular complexity index is 158. The van der Waals surface area contributed by atoms with Gasteiger partial charge in [-0.05, 0) is 38.2 Å². The lowest BCUT2D eigenvalue weighted by atomic mass is 9.88. The van der Waals surface area contributed by atoms with Crippen LogP contribution in [-0.4, -0.2) is 11.2 Å². The van der Waals surface area contributed by atoms with E-state index in [0.717, 1.165) is 19.3 Å². The van der Waals surface area contributed by atoms with Crippen molar-refractivity contribution in [2.45, 2.75) is 52.1 Å². The fourth-order valence-electron chi connectivity index (χ4n) is 1.83. The second kappa shape index (κ2) is 3.91. The van der Waals surface area contributed by atoms with Gasteiger partial charge in [0.05, 0.1) is 6.10 Å². The highest BCUT2D eigenvalue weighted by atomic mass is 16.3. The van der Waals surface area contributed by atoms with Gasteiger partial charge in [-0.15, -0.1) is 0 Å². The molecule has 1 heteroatoms. The zero-order chi connectivity index (χ0) is 8.27. The summed E-state index contributed by atoms with van der Waals surface area (Å²) in [5.74, 6) is 0. The highest BCUT2D eigenvalue weighted by Gasteiger charge is 2.16. The molecule has 1 N–H and O–H groups in total. The molecule has 1 aliphatic carbocycles. The zero-order valence-electron chi connectivity index (χ0n) is 7.56. The molecule has 1 rings (SSSR count). The Hall–Kier alpha value is -0.300. The van der Waals surface area contributed by atoms with E-state index in [9.17, 15) is 5.11 Å². The van der Waals surface area contributed by atoms with E-state index in [1.807, 2.05) is 0 Å². The van der Waals surface area contributed by atoms with Crippen LogP contribution in [0.15, 0.2) is 11.1 Å². The van der Waals surface area contributed by atoms with Crippen LogP contribution in [0.2, 0.25) is 0 Å². The van der Waals surface area contributed by atoms with Crippen LogP contribution in [0, 0.1) is 0 Å². The highest BCUT2D eigenvalue weighted by molar-refractivity contribution is 5.19. The molecule has 0 saturated carbocycles. The minimum atomic E-state index is -0.122. The number of rotatable bonds is 2. The van der Waals surface area contributed by atoms with Crippen LogP contribution in [-0.2, 0) is 0 Å². The van der Waals surface area contributed by atoms with Crippen LogP contribution in [0.25, 0.3) is 0 Å². The number of aliphatic hydroxyl groups excluding tert-OH is 1. The fourth-order valence-corrected chi connectivity index (χ4v) is 1.83. The van der Waals surface area contributed by atoms with E-state index in [4.69, 9.17) is 0 Å². The van der Waals surface area contributed by atoms with Crippen LogP contribution >= 0.6 is 0 Å². The standard InChI is InChI=1S/C10H18O/c1-3-5-9-8(2)6-4-7-10(9)11/h10-11H,3-7H2,1-2H3. The minimum absolute atomic E-state index is 0.122. The first kappa shape index (κ1) is 8.79. The molecule has 11 heavy (non-hydrogen) atoms. The monoisotopic (exact) mass is 154 g/mol. The lowest BCUT2D eigenvalue weighted by molar-refractivity contribution is 0.184. The van der Waals surface area contributed by atoms with Crippen molar-refractivity contribution in [2.75, 3.05) is 0 Å². The van der Waals surface area contributed by atoms with Crippen molar-refractivity contribution in [3.05, 3.63) is 11.1 Å². The summed E-state index contributed by atoms with van der Waals surface area (Å²) in [5.41, 5.74) is 2.75. The number of allylic oxidation sites excluding steroid dienone is 1. The molecule has 1 aliphatic rings. The number of hydrogen-bond acceptors (Lipinski definition) is 1. The molecular weight excluding hydrogens is 136 g/mol. The van der Waals surface area contributed by atoms with Gasteiger partial charge < -0.3 is 5.11 Å². The van der Waals surface area contributed by atoms with Gasteiger partial charge in [-0.2, -0.15) is 0 Å². The molecule has 0 aromatic carbocycles. The lowest BCUT2D eigenvalue weighted by Gasteiger charge is -2.22. The Labute approximate surface area is 69.1 Å². The van der Waals surface area contributed by atoms with Crippen LogP contribution < -0.4 is 0 Å². The molecule has 1 unspecified atom stereocenters. The maximum absolute atomic E-state index is 9.61. The SMILES string of the molecule is CCCC1=C(C)CCCC1O. The van der Waals surface area contributed by atoms with Gasteiger partial charge in [0.25, 0.3) is 0 Å². The van der Waals surface area contributed by atoms with Crippen molar-refractivity contribution in [2.24, 2.45) is 0 Å². The Morgan fingerprint density at radius 2 is 2.27 bits per heavy atom. The van der Waals surface area contributed by atoms with Crippen molar-refractivity contribution in [1.82, 2.24) is 0 Å². The predicted octanol–water partition coefficient (Wildman–Crippen LogP) is 2.65. The Kier molecular flexibility index (Phi) is 3.13. The Morgan fingerprint density at radius 3 is 2.82 bits per heavy atom. The third-order valence-corrected chi connectivity index (χ3v) is 2.50. The third kappa shape index (κ3) is 2.06. The second-order valence-corrected chi connectivity index (χ2v) is 3.46. The summed E-state index contributed by atoms with van der Waals surface area (Å²) in [5, 5.41) is 9.61. The summed E-state index contributed by atoms with van der Waals surface area (Å²) >= 11 is 0. The van der Waals surface area contributed by atoms with Gasteiger partial charge in [0.2, 0.25) is 0 Å². The summed E-state index contributed by atoms with van der Waals surface area (Å²) in [6.45, 7) is 4.33. The van der Waals surface area contributed by atoms with Gasteiger partial charge in [0, 0.05) is 0 Å². The molecule has 0 radical (unpaired) electrons. The Balaban J connectivity index is 2.66. The molecule has 0 amide bonds. The maximum atomic E-state index is 9.61. The average molecular weight is 154 g/mol. The molecule has 0 saturated heterocycles. The molecular formula is C10H18O. The molecule has 0 aliphatic heterocycles. The van der Waals surface area contributed by atoms with Crippen LogP contribution in [0.1, 0.15) is 46.0 Å². The summed E-state index contributed by atoms with van der Waals surface area (Å²) < 4.78 is 0. The first-order chi connectivity index (χ1) is 5.25. The smallest absolute Gasteiger partial charge is 0.0752 e. The van der Waals surface area contributed by atoms with E-state index in [2.05, 4.69) is 13.8 Å². The summed E-state index contributed by atoms with van der Waals surface area (Å²) in [6.07, 6.45) is 5.47. The molecule has 0 aromatic rings. The van der Waals surface area contributed by atoms with E-state index in [0.29, 0.717) is 0 Å². The van der Waals surface area contributed by atoms with Gasteiger partial charge >= 0.3 is 0 Å². The molecule has 0 bridgehead atoms. The third-order valence-electron chi connectivity index (χ3n) is 2.50. The van der Waals surface area contributed by atoms with Gasteiger partial charge in [0.1, 0.15) is 0 Å². The molecule has 0 heterocycles. The van der Waals surface area contributed by atoms with Crippen LogP contribution in [0.3, 0.4) is 0 Å². The van der Waals surface area contributed by atoms with Gasteiger partial charge in [0.15, 0.2) is 0 Å². The van der Waals surface area contributed by atoms with Crippen molar-refractivity contribution in [3.8, 4) is 0 Å². The molecule has 0 spiro atoms. The Morgan fingerprint density at radius 1 is 1.55 bits per heavy atom. The van der Waals surface area contributed by atoms with E-state index in [-0.39, 0.29) is 6.10 Å². The van der Waals surface area contributed by atoms with Gasteiger partial charge in [-0.25, -0.2) is 0 Å². The number of aliphatic hydroxyl groups is 1. The van der Waals surface area contributed by atoms with E-state index >= 15 is 0 Å². The molecule has 64 valence electrons. The summed E-state index contributed by atoms with van der Waals surface area (Å²) in [7, 11) is 0. The van der Waals surface area contributed by atoms with Gasteiger partial charge in [-0.1, -0.05) is 18.9 Å². The van der Waals surface area contributed by atoms with E-state index in [1.165, 1.54) is 24.0 Å². The van der Waals surface area contributed by atoms with Crippen molar-refractivity contribution >= 4 is 0 Å². The van der Waals surface area contributed by atoms with Crippen molar-refractivity contribution in [1.29, 1.82) is 0 Å². The topological polar surface area (TPSA) is 20.2 Å². The van der Waals surface area contributed by atoms with Crippen LogP contribution in [0.5, 0.6) is 0 Å². The molecule has 0 fully saturated rings. The van der Waals surface area contributed by atoms with Crippen molar-refractivity contribution < 1.29 is 5.11 Å². The summed E-state index contributed by atoms with van der Waals surface area (Å²) in [6, 6.07) is 0.